The molecule has 0 atom stereocenters. The van der Waals surface area contributed by atoms with Gasteiger partial charge in [-0.2, -0.15) is 0 Å². The summed E-state index contributed by atoms with van der Waals surface area (Å²) in [5, 5.41) is 0. The largest absolute Gasteiger partial charge is 0.345 e. The third kappa shape index (κ3) is 1.96. The minimum Gasteiger partial charge on any atom is -0.345 e. The van der Waals surface area contributed by atoms with Gasteiger partial charge in [-0.1, -0.05) is 23.8 Å². The zero-order valence-corrected chi connectivity index (χ0v) is 8.84. The number of halogens is 1. The Balaban J connectivity index is 2.52. The molecule has 0 aliphatic rings. The number of aromatic nitrogens is 2. The van der Waals surface area contributed by atoms with Gasteiger partial charge in [0.2, 0.25) is 0 Å². The number of aromatic amines is 1. The van der Waals surface area contributed by atoms with E-state index in [9.17, 15) is 0 Å². The Labute approximate surface area is 89.2 Å². The lowest BCUT2D eigenvalue weighted by atomic mass is 10.3. The first-order chi connectivity index (χ1) is 6.25. The second-order valence-corrected chi connectivity index (χ2v) is 4.54. The zero-order valence-electron chi connectivity index (χ0n) is 6.45. The van der Waals surface area contributed by atoms with Crippen LogP contribution in [0.25, 0.3) is 10.6 Å². The number of thiophene rings is 1. The normalized spacial score (nSPS) is 10.2. The van der Waals surface area contributed by atoms with Crippen LogP contribution in [0.1, 0.15) is 0 Å². The summed E-state index contributed by atoms with van der Waals surface area (Å²) in [6, 6.07) is 5.63. The van der Waals surface area contributed by atoms with Crippen molar-refractivity contribution in [1.82, 2.24) is 9.97 Å². The van der Waals surface area contributed by atoms with Crippen LogP contribution >= 0.6 is 35.2 Å². The summed E-state index contributed by atoms with van der Waals surface area (Å²) in [5.41, 5.74) is 0.955. The molecule has 0 fully saturated rings. The number of nitrogens with zero attached hydrogens (tertiary/aromatic N) is 1. The summed E-state index contributed by atoms with van der Waals surface area (Å²) >= 11 is 12.3. The maximum Gasteiger partial charge on any atom is 0.130 e. The molecule has 0 saturated carbocycles. The summed E-state index contributed by atoms with van der Waals surface area (Å²) in [5.74, 6) is 0. The van der Waals surface area contributed by atoms with Crippen molar-refractivity contribution >= 4 is 35.2 Å². The minimum atomic E-state index is 0.582. The average molecular weight is 229 g/mol. The van der Waals surface area contributed by atoms with Crippen LogP contribution in [0.4, 0.5) is 0 Å². The van der Waals surface area contributed by atoms with Crippen LogP contribution in [-0.2, 0) is 0 Å². The molecule has 0 aliphatic carbocycles. The van der Waals surface area contributed by atoms with Gasteiger partial charge < -0.3 is 4.98 Å². The molecule has 0 radical (unpaired) electrons. The Morgan fingerprint density at radius 2 is 2.31 bits per heavy atom. The van der Waals surface area contributed by atoms with E-state index in [2.05, 4.69) is 9.97 Å². The SMILES string of the molecule is S=c1cc(-c2ccc(Cl)s2)[nH]cn1. The van der Waals surface area contributed by atoms with Crippen molar-refractivity contribution in [2.75, 3.05) is 0 Å². The van der Waals surface area contributed by atoms with Crippen LogP contribution in [0.5, 0.6) is 0 Å². The minimum absolute atomic E-state index is 0.582. The van der Waals surface area contributed by atoms with Gasteiger partial charge in [0.05, 0.1) is 21.2 Å². The molecule has 2 aromatic heterocycles. The second kappa shape index (κ2) is 3.57. The van der Waals surface area contributed by atoms with Crippen LogP contribution in [0, 0.1) is 4.64 Å². The van der Waals surface area contributed by atoms with Gasteiger partial charge in [-0.25, -0.2) is 4.98 Å². The van der Waals surface area contributed by atoms with Crippen LogP contribution < -0.4 is 0 Å². The standard InChI is InChI=1S/C8H5ClN2S2/c9-7-2-1-6(13-7)5-3-8(12)11-4-10-5/h1-4H,(H,10,11,12). The highest BCUT2D eigenvalue weighted by molar-refractivity contribution is 7.71. The average Bonchev–Trinajstić information content (AvgIpc) is 2.52. The van der Waals surface area contributed by atoms with Crippen molar-refractivity contribution in [1.29, 1.82) is 0 Å². The Morgan fingerprint density at radius 1 is 1.46 bits per heavy atom. The van der Waals surface area contributed by atoms with Crippen LogP contribution in [0.3, 0.4) is 0 Å². The first kappa shape index (κ1) is 8.87. The topological polar surface area (TPSA) is 28.7 Å². The van der Waals surface area contributed by atoms with Crippen LogP contribution in [-0.4, -0.2) is 9.97 Å². The Morgan fingerprint density at radius 3 is 2.92 bits per heavy atom. The number of H-pyrrole nitrogens is 1. The fourth-order valence-corrected chi connectivity index (χ4v) is 2.16. The fraction of sp³-hybridized carbons (Fsp3) is 0. The van der Waals surface area contributed by atoms with E-state index >= 15 is 0 Å². The molecular weight excluding hydrogens is 224 g/mol. The lowest BCUT2D eigenvalue weighted by Gasteiger charge is -1.94. The third-order valence-electron chi connectivity index (χ3n) is 1.52. The van der Waals surface area contributed by atoms with Crippen molar-refractivity contribution in [2.24, 2.45) is 0 Å². The van der Waals surface area contributed by atoms with Crippen molar-refractivity contribution in [3.8, 4) is 10.6 Å². The smallest absolute Gasteiger partial charge is 0.130 e. The molecule has 5 heteroatoms. The lowest BCUT2D eigenvalue weighted by Crippen LogP contribution is -1.81. The molecule has 66 valence electrons. The Hall–Kier alpha value is -0.710. The van der Waals surface area contributed by atoms with E-state index in [4.69, 9.17) is 23.8 Å². The van der Waals surface area contributed by atoms with Gasteiger partial charge in [0.1, 0.15) is 4.64 Å². The Kier molecular flexibility index (Phi) is 2.44. The van der Waals surface area contributed by atoms with Crippen molar-refractivity contribution in [2.45, 2.75) is 0 Å². The lowest BCUT2D eigenvalue weighted by molar-refractivity contribution is 1.16. The van der Waals surface area contributed by atoms with E-state index in [0.29, 0.717) is 4.64 Å². The third-order valence-corrected chi connectivity index (χ3v) is 3.01. The van der Waals surface area contributed by atoms with E-state index in [1.54, 1.807) is 6.33 Å². The van der Waals surface area contributed by atoms with E-state index in [1.165, 1.54) is 11.3 Å². The van der Waals surface area contributed by atoms with Gasteiger partial charge >= 0.3 is 0 Å². The first-order valence-corrected chi connectivity index (χ1v) is 5.16. The highest BCUT2D eigenvalue weighted by atomic mass is 35.5. The second-order valence-electron chi connectivity index (χ2n) is 2.40. The molecule has 0 saturated heterocycles. The maximum absolute atomic E-state index is 5.81. The highest BCUT2D eigenvalue weighted by Crippen LogP contribution is 2.29. The van der Waals surface area contributed by atoms with E-state index < -0.39 is 0 Å². The predicted octanol–water partition coefficient (Wildman–Crippen LogP) is 3.52. The number of nitrogens with one attached hydrogen (secondary N) is 1. The molecule has 0 amide bonds. The van der Waals surface area contributed by atoms with Gasteiger partial charge in [0, 0.05) is 0 Å². The molecular formula is C8H5ClN2S2. The summed E-state index contributed by atoms with van der Waals surface area (Å²) in [6.45, 7) is 0. The van der Waals surface area contributed by atoms with Gasteiger partial charge in [-0.05, 0) is 18.2 Å². The summed E-state index contributed by atoms with van der Waals surface area (Å²) in [7, 11) is 0. The van der Waals surface area contributed by atoms with Gasteiger partial charge in [0.25, 0.3) is 0 Å². The molecule has 13 heavy (non-hydrogen) atoms. The summed E-state index contributed by atoms with van der Waals surface area (Å²) in [4.78, 5) is 7.98. The monoisotopic (exact) mass is 228 g/mol. The molecule has 2 rings (SSSR count). The number of hydrogen-bond acceptors (Lipinski definition) is 3. The van der Waals surface area contributed by atoms with Crippen molar-refractivity contribution in [3.63, 3.8) is 0 Å². The van der Waals surface area contributed by atoms with Crippen LogP contribution in [0.2, 0.25) is 4.34 Å². The van der Waals surface area contributed by atoms with E-state index in [1.807, 2.05) is 18.2 Å². The van der Waals surface area contributed by atoms with Gasteiger partial charge in [0.15, 0.2) is 0 Å². The van der Waals surface area contributed by atoms with Crippen LogP contribution in [0.15, 0.2) is 24.5 Å². The van der Waals surface area contributed by atoms with Crippen molar-refractivity contribution in [3.05, 3.63) is 33.5 Å². The maximum atomic E-state index is 5.81. The fourth-order valence-electron chi connectivity index (χ4n) is 0.969. The zero-order chi connectivity index (χ0) is 9.26. The first-order valence-electron chi connectivity index (χ1n) is 3.56. The summed E-state index contributed by atoms with van der Waals surface area (Å²) in [6.07, 6.45) is 1.59. The number of rotatable bonds is 1. The highest BCUT2D eigenvalue weighted by Gasteiger charge is 2.00. The molecule has 0 aromatic carbocycles. The molecule has 0 aliphatic heterocycles. The Bertz CT molecular complexity index is 475. The molecule has 1 N–H and O–H groups in total. The molecule has 2 nitrogen and oxygen atoms in total. The van der Waals surface area contributed by atoms with Gasteiger partial charge in [-0.15, -0.1) is 11.3 Å². The quantitative estimate of drug-likeness (QED) is 0.757. The van der Waals surface area contributed by atoms with E-state index in [-0.39, 0.29) is 0 Å². The molecule has 2 aromatic rings. The van der Waals surface area contributed by atoms with Crippen molar-refractivity contribution < 1.29 is 0 Å². The molecule has 0 bridgehead atoms. The predicted molar refractivity (Wildman–Crippen MR) is 57.7 cm³/mol. The molecule has 0 spiro atoms. The van der Waals surface area contributed by atoms with E-state index in [0.717, 1.165) is 14.9 Å². The summed E-state index contributed by atoms with van der Waals surface area (Å²) < 4.78 is 1.35. The molecule has 0 unspecified atom stereocenters. The van der Waals surface area contributed by atoms with Gasteiger partial charge in [-0.3, -0.25) is 0 Å². The number of hydrogen-bond donors (Lipinski definition) is 1. The molecule has 2 heterocycles.